The summed E-state index contributed by atoms with van der Waals surface area (Å²) in [7, 11) is 1.31. The van der Waals surface area contributed by atoms with Gasteiger partial charge in [0.2, 0.25) is 0 Å². The van der Waals surface area contributed by atoms with Gasteiger partial charge in [-0.25, -0.2) is 9.18 Å². The zero-order valence-electron chi connectivity index (χ0n) is 11.6. The van der Waals surface area contributed by atoms with Crippen molar-refractivity contribution < 1.29 is 18.7 Å². The van der Waals surface area contributed by atoms with Crippen LogP contribution in [0.5, 0.6) is 0 Å². The van der Waals surface area contributed by atoms with E-state index in [9.17, 15) is 14.0 Å². The van der Waals surface area contributed by atoms with Gasteiger partial charge in [-0.3, -0.25) is 4.79 Å². The summed E-state index contributed by atoms with van der Waals surface area (Å²) < 4.78 is 17.5. The SMILES string of the molecule is COC(=O)c1ccc(NC(=O)c2ccc(F)cc2)c(C)c1. The van der Waals surface area contributed by atoms with Crippen LogP contribution in [0.4, 0.5) is 10.1 Å². The standard InChI is InChI=1S/C16H14FNO3/c1-10-9-12(16(20)21-2)5-8-14(10)18-15(19)11-3-6-13(17)7-4-11/h3-9H,1-2H3,(H,18,19). The summed E-state index contributed by atoms with van der Waals surface area (Å²) in [4.78, 5) is 23.4. The lowest BCUT2D eigenvalue weighted by Crippen LogP contribution is -2.13. The van der Waals surface area contributed by atoms with E-state index in [2.05, 4.69) is 10.1 Å². The number of rotatable bonds is 3. The molecule has 2 rings (SSSR count). The van der Waals surface area contributed by atoms with E-state index in [1.54, 1.807) is 25.1 Å². The lowest BCUT2D eigenvalue weighted by atomic mass is 10.1. The molecule has 0 aliphatic carbocycles. The number of hydrogen-bond donors (Lipinski definition) is 1. The molecule has 0 aromatic heterocycles. The Morgan fingerprint density at radius 1 is 1.05 bits per heavy atom. The van der Waals surface area contributed by atoms with Gasteiger partial charge in [0, 0.05) is 11.3 Å². The summed E-state index contributed by atoms with van der Waals surface area (Å²) in [5, 5.41) is 2.72. The minimum atomic E-state index is -0.436. The second-order valence-electron chi connectivity index (χ2n) is 4.48. The van der Waals surface area contributed by atoms with E-state index >= 15 is 0 Å². The molecule has 0 fully saturated rings. The molecule has 4 nitrogen and oxygen atoms in total. The molecule has 1 N–H and O–H groups in total. The molecule has 5 heteroatoms. The molecule has 0 bridgehead atoms. The third kappa shape index (κ3) is 3.45. The van der Waals surface area contributed by atoms with E-state index in [0.717, 1.165) is 5.56 Å². The van der Waals surface area contributed by atoms with Crippen molar-refractivity contribution in [3.05, 3.63) is 65.0 Å². The van der Waals surface area contributed by atoms with Crippen molar-refractivity contribution in [2.75, 3.05) is 12.4 Å². The van der Waals surface area contributed by atoms with E-state index in [0.29, 0.717) is 16.8 Å². The van der Waals surface area contributed by atoms with E-state index in [1.807, 2.05) is 0 Å². The number of aryl methyl sites for hydroxylation is 1. The summed E-state index contributed by atoms with van der Waals surface area (Å²) >= 11 is 0. The van der Waals surface area contributed by atoms with Gasteiger partial charge in [-0.1, -0.05) is 0 Å². The second-order valence-corrected chi connectivity index (χ2v) is 4.48. The monoisotopic (exact) mass is 287 g/mol. The van der Waals surface area contributed by atoms with Gasteiger partial charge in [-0.05, 0) is 55.0 Å². The highest BCUT2D eigenvalue weighted by molar-refractivity contribution is 6.04. The zero-order chi connectivity index (χ0) is 15.4. The Morgan fingerprint density at radius 3 is 2.24 bits per heavy atom. The molecule has 108 valence electrons. The molecule has 0 saturated carbocycles. The number of nitrogens with one attached hydrogen (secondary N) is 1. The van der Waals surface area contributed by atoms with Crippen LogP contribution in [-0.4, -0.2) is 19.0 Å². The first kappa shape index (κ1) is 14.7. The van der Waals surface area contributed by atoms with Crippen molar-refractivity contribution in [3.63, 3.8) is 0 Å². The van der Waals surface area contributed by atoms with Crippen LogP contribution in [0.2, 0.25) is 0 Å². The first-order valence-electron chi connectivity index (χ1n) is 6.27. The maximum atomic E-state index is 12.8. The molecular formula is C16H14FNO3. The molecule has 0 radical (unpaired) electrons. The number of halogens is 1. The Kier molecular flexibility index (Phi) is 4.33. The molecule has 1 amide bonds. The highest BCUT2D eigenvalue weighted by Crippen LogP contribution is 2.18. The van der Waals surface area contributed by atoms with Gasteiger partial charge >= 0.3 is 5.97 Å². The molecule has 0 aliphatic rings. The molecule has 0 spiro atoms. The van der Waals surface area contributed by atoms with Crippen LogP contribution in [0.1, 0.15) is 26.3 Å². The minimum Gasteiger partial charge on any atom is -0.465 e. The van der Waals surface area contributed by atoms with Crippen LogP contribution in [0, 0.1) is 12.7 Å². The average molecular weight is 287 g/mol. The molecule has 0 unspecified atom stereocenters. The summed E-state index contributed by atoms with van der Waals surface area (Å²) in [5.74, 6) is -1.18. The fraction of sp³-hybridized carbons (Fsp3) is 0.125. The van der Waals surface area contributed by atoms with Gasteiger partial charge in [0.25, 0.3) is 5.91 Å². The van der Waals surface area contributed by atoms with Crippen molar-refractivity contribution in [1.82, 2.24) is 0 Å². The molecule has 0 atom stereocenters. The number of anilines is 1. The van der Waals surface area contributed by atoms with Crippen molar-refractivity contribution in [2.45, 2.75) is 6.92 Å². The number of esters is 1. The van der Waals surface area contributed by atoms with E-state index in [1.165, 1.54) is 31.4 Å². The van der Waals surface area contributed by atoms with Crippen molar-refractivity contribution in [2.24, 2.45) is 0 Å². The van der Waals surface area contributed by atoms with Crippen molar-refractivity contribution in [1.29, 1.82) is 0 Å². The van der Waals surface area contributed by atoms with Crippen LogP contribution in [-0.2, 0) is 4.74 Å². The van der Waals surface area contributed by atoms with Crippen LogP contribution >= 0.6 is 0 Å². The number of benzene rings is 2. The van der Waals surface area contributed by atoms with E-state index in [-0.39, 0.29) is 5.91 Å². The predicted molar refractivity (Wildman–Crippen MR) is 76.9 cm³/mol. The molecule has 0 aliphatic heterocycles. The number of carbonyl (C=O) groups is 2. The van der Waals surface area contributed by atoms with Gasteiger partial charge in [-0.2, -0.15) is 0 Å². The van der Waals surface area contributed by atoms with Gasteiger partial charge in [0.05, 0.1) is 12.7 Å². The van der Waals surface area contributed by atoms with Gasteiger partial charge < -0.3 is 10.1 Å². The molecule has 0 heterocycles. The quantitative estimate of drug-likeness (QED) is 0.882. The largest absolute Gasteiger partial charge is 0.465 e. The minimum absolute atomic E-state index is 0.344. The number of methoxy groups -OCH3 is 1. The normalized spacial score (nSPS) is 10.0. The summed E-state index contributed by atoms with van der Waals surface area (Å²) in [6.07, 6.45) is 0. The first-order valence-corrected chi connectivity index (χ1v) is 6.27. The Bertz CT molecular complexity index is 680. The van der Waals surface area contributed by atoms with Gasteiger partial charge in [0.15, 0.2) is 0 Å². The number of amides is 1. The van der Waals surface area contributed by atoms with Gasteiger partial charge in [-0.15, -0.1) is 0 Å². The summed E-state index contributed by atoms with van der Waals surface area (Å²) in [5.41, 5.74) is 2.08. The average Bonchev–Trinajstić information content (AvgIpc) is 2.49. The lowest BCUT2D eigenvalue weighted by molar-refractivity contribution is 0.0600. The number of hydrogen-bond acceptors (Lipinski definition) is 3. The highest BCUT2D eigenvalue weighted by Gasteiger charge is 2.11. The highest BCUT2D eigenvalue weighted by atomic mass is 19.1. The smallest absolute Gasteiger partial charge is 0.337 e. The predicted octanol–water partition coefficient (Wildman–Crippen LogP) is 3.17. The molecule has 0 saturated heterocycles. The van der Waals surface area contributed by atoms with Crippen LogP contribution < -0.4 is 5.32 Å². The Balaban J connectivity index is 2.18. The fourth-order valence-electron chi connectivity index (χ4n) is 1.84. The first-order chi connectivity index (χ1) is 10.0. The maximum Gasteiger partial charge on any atom is 0.337 e. The number of carbonyl (C=O) groups excluding carboxylic acids is 2. The lowest BCUT2D eigenvalue weighted by Gasteiger charge is -2.09. The van der Waals surface area contributed by atoms with Crippen LogP contribution in [0.3, 0.4) is 0 Å². The molecule has 21 heavy (non-hydrogen) atoms. The second kappa shape index (κ2) is 6.17. The Morgan fingerprint density at radius 2 is 1.67 bits per heavy atom. The molecular weight excluding hydrogens is 273 g/mol. The third-order valence-corrected chi connectivity index (χ3v) is 3.00. The topological polar surface area (TPSA) is 55.4 Å². The van der Waals surface area contributed by atoms with Crippen LogP contribution in [0.25, 0.3) is 0 Å². The molecule has 2 aromatic carbocycles. The number of ether oxygens (including phenoxy) is 1. The van der Waals surface area contributed by atoms with Crippen molar-refractivity contribution in [3.8, 4) is 0 Å². The van der Waals surface area contributed by atoms with Gasteiger partial charge in [0.1, 0.15) is 5.82 Å². The fourth-order valence-corrected chi connectivity index (χ4v) is 1.84. The summed E-state index contributed by atoms with van der Waals surface area (Å²) in [6.45, 7) is 1.77. The third-order valence-electron chi connectivity index (χ3n) is 3.00. The zero-order valence-corrected chi connectivity index (χ0v) is 11.6. The van der Waals surface area contributed by atoms with Crippen LogP contribution in [0.15, 0.2) is 42.5 Å². The van der Waals surface area contributed by atoms with E-state index < -0.39 is 11.8 Å². The van der Waals surface area contributed by atoms with E-state index in [4.69, 9.17) is 0 Å². The van der Waals surface area contributed by atoms with Crippen molar-refractivity contribution >= 4 is 17.6 Å². The Labute approximate surface area is 121 Å². The summed E-state index contributed by atoms with van der Waals surface area (Å²) in [6, 6.07) is 10.1. The molecule has 2 aromatic rings. The Hall–Kier alpha value is -2.69. The maximum absolute atomic E-state index is 12.8.